The Hall–Kier alpha value is -2.69. The minimum absolute atomic E-state index is 0.163. The Balaban J connectivity index is 1.77. The van der Waals surface area contributed by atoms with Gasteiger partial charge in [-0.25, -0.2) is 9.18 Å². The predicted molar refractivity (Wildman–Crippen MR) is 79.1 cm³/mol. The Morgan fingerprint density at radius 2 is 1.95 bits per heavy atom. The highest BCUT2D eigenvalue weighted by atomic mass is 19.1. The highest BCUT2D eigenvalue weighted by Gasteiger charge is 2.31. The molecule has 1 N–H and O–H groups in total. The van der Waals surface area contributed by atoms with Crippen LogP contribution in [0, 0.1) is 12.7 Å². The van der Waals surface area contributed by atoms with Crippen LogP contribution in [0.1, 0.15) is 21.5 Å². The number of ether oxygens (including phenoxy) is 1. The number of amides is 1. The summed E-state index contributed by atoms with van der Waals surface area (Å²) in [5, 5.41) is 2.69. The smallest absolute Gasteiger partial charge is 0.339 e. The molecule has 2 aromatic rings. The third-order valence-corrected chi connectivity index (χ3v) is 3.55. The first-order valence-electron chi connectivity index (χ1n) is 6.90. The van der Waals surface area contributed by atoms with E-state index in [1.807, 2.05) is 19.1 Å². The van der Waals surface area contributed by atoms with Crippen LogP contribution in [0.25, 0.3) is 0 Å². The van der Waals surface area contributed by atoms with Crippen molar-refractivity contribution < 1.29 is 18.7 Å². The zero-order valence-corrected chi connectivity index (χ0v) is 11.9. The summed E-state index contributed by atoms with van der Waals surface area (Å²) in [6.45, 7) is 1.94. The number of hydrogen-bond donors (Lipinski definition) is 1. The maximum absolute atomic E-state index is 13.3. The average Bonchev–Trinajstić information content (AvgIpc) is 2.49. The lowest BCUT2D eigenvalue weighted by molar-refractivity contribution is -0.125. The first kappa shape index (κ1) is 14.3. The van der Waals surface area contributed by atoms with E-state index in [1.165, 1.54) is 18.2 Å². The minimum Gasteiger partial charge on any atom is -0.448 e. The van der Waals surface area contributed by atoms with Crippen LogP contribution in [0.5, 0.6) is 0 Å². The molecule has 22 heavy (non-hydrogen) atoms. The molecule has 5 heteroatoms. The van der Waals surface area contributed by atoms with Crippen molar-refractivity contribution in [1.82, 2.24) is 0 Å². The molecule has 112 valence electrons. The molecule has 1 atom stereocenters. The molecule has 1 amide bonds. The minimum atomic E-state index is -0.955. The third-order valence-electron chi connectivity index (χ3n) is 3.55. The molecule has 1 aliphatic rings. The molecule has 3 rings (SSSR count). The summed E-state index contributed by atoms with van der Waals surface area (Å²) in [7, 11) is 0. The molecule has 0 bridgehead atoms. The summed E-state index contributed by atoms with van der Waals surface area (Å²) >= 11 is 0. The predicted octanol–water partition coefficient (Wildman–Crippen LogP) is 2.85. The van der Waals surface area contributed by atoms with E-state index in [-0.39, 0.29) is 6.42 Å². The van der Waals surface area contributed by atoms with Crippen molar-refractivity contribution in [2.75, 3.05) is 5.32 Å². The number of nitrogens with one attached hydrogen (secondary N) is 1. The van der Waals surface area contributed by atoms with Gasteiger partial charge < -0.3 is 10.1 Å². The van der Waals surface area contributed by atoms with E-state index in [2.05, 4.69) is 5.32 Å². The topological polar surface area (TPSA) is 55.4 Å². The number of anilines is 1. The van der Waals surface area contributed by atoms with Crippen molar-refractivity contribution in [3.8, 4) is 0 Å². The second-order valence-electron chi connectivity index (χ2n) is 5.25. The lowest BCUT2D eigenvalue weighted by Crippen LogP contribution is -2.38. The fourth-order valence-corrected chi connectivity index (χ4v) is 2.37. The number of esters is 1. The monoisotopic (exact) mass is 299 g/mol. The molecule has 1 aliphatic heterocycles. The molecule has 0 saturated heterocycles. The van der Waals surface area contributed by atoms with Gasteiger partial charge in [0.25, 0.3) is 5.91 Å². The van der Waals surface area contributed by atoms with E-state index in [4.69, 9.17) is 4.74 Å². The number of fused-ring (bicyclic) bond motifs is 1. The quantitative estimate of drug-likeness (QED) is 0.868. The largest absolute Gasteiger partial charge is 0.448 e. The maximum Gasteiger partial charge on any atom is 0.339 e. The number of cyclic esters (lactones) is 1. The SMILES string of the molecule is Cc1ccc(NC(=O)C2Cc3cc(F)ccc3C(=O)O2)cc1. The van der Waals surface area contributed by atoms with Gasteiger partial charge in [-0.2, -0.15) is 0 Å². The summed E-state index contributed by atoms with van der Waals surface area (Å²) in [6, 6.07) is 11.1. The standard InChI is InChI=1S/C17H14FNO3/c1-10-2-5-13(6-3-10)19-16(20)15-9-11-8-12(18)4-7-14(11)17(21)22-15/h2-8,15H,9H2,1H3,(H,19,20). The van der Waals surface area contributed by atoms with Crippen molar-refractivity contribution in [3.63, 3.8) is 0 Å². The maximum atomic E-state index is 13.3. The summed E-state index contributed by atoms with van der Waals surface area (Å²) in [4.78, 5) is 24.1. The Bertz CT molecular complexity index is 740. The summed E-state index contributed by atoms with van der Waals surface area (Å²) in [6.07, 6.45) is -0.792. The zero-order valence-electron chi connectivity index (χ0n) is 11.9. The Kier molecular flexibility index (Phi) is 3.63. The number of benzene rings is 2. The van der Waals surface area contributed by atoms with Crippen molar-refractivity contribution in [3.05, 3.63) is 65.0 Å². The Morgan fingerprint density at radius 3 is 2.68 bits per heavy atom. The molecule has 0 radical (unpaired) electrons. The number of carbonyl (C=O) groups excluding carboxylic acids is 2. The number of hydrogen-bond acceptors (Lipinski definition) is 3. The number of aryl methyl sites for hydroxylation is 1. The number of carbonyl (C=O) groups is 2. The molecular weight excluding hydrogens is 285 g/mol. The lowest BCUT2D eigenvalue weighted by Gasteiger charge is -2.23. The van der Waals surface area contributed by atoms with Crippen LogP contribution in [0.3, 0.4) is 0 Å². The number of halogens is 1. The second-order valence-corrected chi connectivity index (χ2v) is 5.25. The van der Waals surface area contributed by atoms with Crippen LogP contribution in [-0.4, -0.2) is 18.0 Å². The van der Waals surface area contributed by atoms with E-state index >= 15 is 0 Å². The van der Waals surface area contributed by atoms with Crippen LogP contribution < -0.4 is 5.32 Å². The third kappa shape index (κ3) is 2.83. The first-order valence-corrected chi connectivity index (χ1v) is 6.90. The van der Waals surface area contributed by atoms with Gasteiger partial charge in [0.05, 0.1) is 5.56 Å². The van der Waals surface area contributed by atoms with Crippen molar-refractivity contribution in [2.45, 2.75) is 19.4 Å². The molecule has 1 unspecified atom stereocenters. The van der Waals surface area contributed by atoms with Gasteiger partial charge in [-0.1, -0.05) is 17.7 Å². The van der Waals surface area contributed by atoms with Gasteiger partial charge >= 0.3 is 5.97 Å². The van der Waals surface area contributed by atoms with Gasteiger partial charge in [0.15, 0.2) is 6.10 Å². The van der Waals surface area contributed by atoms with Crippen LogP contribution in [0.2, 0.25) is 0 Å². The highest BCUT2D eigenvalue weighted by molar-refractivity contribution is 6.00. The van der Waals surface area contributed by atoms with Gasteiger partial charge in [0.2, 0.25) is 0 Å². The van der Waals surface area contributed by atoms with Crippen LogP contribution in [-0.2, 0) is 16.0 Å². The molecule has 4 nitrogen and oxygen atoms in total. The van der Waals surface area contributed by atoms with Crippen molar-refractivity contribution in [1.29, 1.82) is 0 Å². The van der Waals surface area contributed by atoms with Gasteiger partial charge in [-0.15, -0.1) is 0 Å². The fraction of sp³-hybridized carbons (Fsp3) is 0.176. The molecule has 0 saturated carbocycles. The highest BCUT2D eigenvalue weighted by Crippen LogP contribution is 2.22. The van der Waals surface area contributed by atoms with E-state index in [9.17, 15) is 14.0 Å². The van der Waals surface area contributed by atoms with Crippen molar-refractivity contribution >= 4 is 17.6 Å². The molecular formula is C17H14FNO3. The molecule has 1 heterocycles. The van der Waals surface area contributed by atoms with Crippen molar-refractivity contribution in [2.24, 2.45) is 0 Å². The normalized spacial score (nSPS) is 16.6. The van der Waals surface area contributed by atoms with Gasteiger partial charge in [0.1, 0.15) is 5.82 Å². The molecule has 2 aromatic carbocycles. The van der Waals surface area contributed by atoms with E-state index in [0.29, 0.717) is 16.8 Å². The van der Waals surface area contributed by atoms with Gasteiger partial charge in [-0.3, -0.25) is 4.79 Å². The summed E-state index contributed by atoms with van der Waals surface area (Å²) in [5.41, 5.74) is 2.49. The number of rotatable bonds is 2. The van der Waals surface area contributed by atoms with Crippen LogP contribution in [0.4, 0.5) is 10.1 Å². The van der Waals surface area contributed by atoms with E-state index in [0.717, 1.165) is 5.56 Å². The van der Waals surface area contributed by atoms with Gasteiger partial charge in [0, 0.05) is 12.1 Å². The molecule has 0 fully saturated rings. The second kappa shape index (κ2) is 5.60. The zero-order chi connectivity index (χ0) is 15.7. The van der Waals surface area contributed by atoms with E-state index < -0.39 is 23.8 Å². The average molecular weight is 299 g/mol. The summed E-state index contributed by atoms with van der Waals surface area (Å²) < 4.78 is 18.4. The summed E-state index contributed by atoms with van der Waals surface area (Å²) in [5.74, 6) is -1.47. The lowest BCUT2D eigenvalue weighted by atomic mass is 9.98. The molecule has 0 aromatic heterocycles. The van der Waals surface area contributed by atoms with Crippen LogP contribution >= 0.6 is 0 Å². The Labute approximate surface area is 126 Å². The van der Waals surface area contributed by atoms with Gasteiger partial charge in [-0.05, 0) is 42.8 Å². The Morgan fingerprint density at radius 1 is 1.23 bits per heavy atom. The molecule has 0 spiro atoms. The van der Waals surface area contributed by atoms with Crippen LogP contribution in [0.15, 0.2) is 42.5 Å². The first-order chi connectivity index (χ1) is 10.5. The van der Waals surface area contributed by atoms with E-state index in [1.54, 1.807) is 12.1 Å². The fourth-order valence-electron chi connectivity index (χ4n) is 2.37. The molecule has 0 aliphatic carbocycles.